The number of rotatable bonds is 3. The van der Waals surface area contributed by atoms with Crippen LogP contribution in [-0.4, -0.2) is 41.9 Å². The number of nitrogens with zero attached hydrogens (tertiary/aromatic N) is 2. The summed E-state index contributed by atoms with van der Waals surface area (Å²) >= 11 is 0. The van der Waals surface area contributed by atoms with Crippen molar-refractivity contribution in [3.05, 3.63) is 65.2 Å². The monoisotopic (exact) mass is 323 g/mol. The van der Waals surface area contributed by atoms with Crippen LogP contribution in [0.4, 0.5) is 5.69 Å². The highest BCUT2D eigenvalue weighted by molar-refractivity contribution is 5.94. The van der Waals surface area contributed by atoms with Gasteiger partial charge >= 0.3 is 0 Å². The van der Waals surface area contributed by atoms with E-state index in [4.69, 9.17) is 5.73 Å². The fourth-order valence-corrected chi connectivity index (χ4v) is 3.24. The second-order valence-electron chi connectivity index (χ2n) is 6.54. The third-order valence-corrected chi connectivity index (χ3v) is 4.50. The van der Waals surface area contributed by atoms with Crippen LogP contribution in [0.1, 0.15) is 27.9 Å². The SMILES string of the molecule is Cc1cccc(C(=O)N2CCCN(Cc3cccc(N)c3)CC2)c1. The summed E-state index contributed by atoms with van der Waals surface area (Å²) in [5.41, 5.74) is 9.81. The van der Waals surface area contributed by atoms with Gasteiger partial charge in [0.2, 0.25) is 0 Å². The molecule has 1 fully saturated rings. The maximum Gasteiger partial charge on any atom is 0.253 e. The first-order chi connectivity index (χ1) is 11.6. The molecule has 0 aromatic heterocycles. The van der Waals surface area contributed by atoms with E-state index in [1.807, 2.05) is 54.3 Å². The van der Waals surface area contributed by atoms with Gasteiger partial charge in [0.15, 0.2) is 0 Å². The molecule has 2 aromatic carbocycles. The second-order valence-corrected chi connectivity index (χ2v) is 6.54. The zero-order valence-corrected chi connectivity index (χ0v) is 14.2. The van der Waals surface area contributed by atoms with Crippen molar-refractivity contribution in [1.29, 1.82) is 0 Å². The van der Waals surface area contributed by atoms with Crippen molar-refractivity contribution in [2.75, 3.05) is 31.9 Å². The molecule has 1 aliphatic heterocycles. The lowest BCUT2D eigenvalue weighted by atomic mass is 10.1. The van der Waals surface area contributed by atoms with E-state index in [9.17, 15) is 4.79 Å². The van der Waals surface area contributed by atoms with Crippen molar-refractivity contribution in [3.63, 3.8) is 0 Å². The highest BCUT2D eigenvalue weighted by Gasteiger charge is 2.20. The molecule has 2 aromatic rings. The Balaban J connectivity index is 1.61. The number of anilines is 1. The van der Waals surface area contributed by atoms with Crippen LogP contribution < -0.4 is 5.73 Å². The van der Waals surface area contributed by atoms with Crippen LogP contribution in [0.25, 0.3) is 0 Å². The maximum atomic E-state index is 12.7. The van der Waals surface area contributed by atoms with Crippen LogP contribution in [0.3, 0.4) is 0 Å². The number of hydrogen-bond acceptors (Lipinski definition) is 3. The van der Waals surface area contributed by atoms with Crippen molar-refractivity contribution in [1.82, 2.24) is 9.80 Å². The number of benzene rings is 2. The third-order valence-electron chi connectivity index (χ3n) is 4.50. The van der Waals surface area contributed by atoms with E-state index in [-0.39, 0.29) is 5.91 Å². The summed E-state index contributed by atoms with van der Waals surface area (Å²) in [5, 5.41) is 0. The predicted octanol–water partition coefficient (Wildman–Crippen LogP) is 2.93. The summed E-state index contributed by atoms with van der Waals surface area (Å²) in [4.78, 5) is 17.1. The molecular weight excluding hydrogens is 298 g/mol. The molecule has 0 spiro atoms. The summed E-state index contributed by atoms with van der Waals surface area (Å²) in [5.74, 6) is 0.143. The smallest absolute Gasteiger partial charge is 0.253 e. The lowest BCUT2D eigenvalue weighted by Crippen LogP contribution is -2.35. The lowest BCUT2D eigenvalue weighted by Gasteiger charge is -2.22. The molecule has 1 saturated heterocycles. The van der Waals surface area contributed by atoms with Crippen LogP contribution in [0.5, 0.6) is 0 Å². The molecular formula is C20H25N3O. The molecule has 1 aliphatic rings. The molecule has 0 radical (unpaired) electrons. The minimum absolute atomic E-state index is 0.143. The minimum atomic E-state index is 0.143. The average Bonchev–Trinajstić information content (AvgIpc) is 2.80. The Morgan fingerprint density at radius 1 is 1.04 bits per heavy atom. The van der Waals surface area contributed by atoms with Gasteiger partial charge in [0.25, 0.3) is 5.91 Å². The number of hydrogen-bond donors (Lipinski definition) is 1. The first-order valence-corrected chi connectivity index (χ1v) is 8.54. The topological polar surface area (TPSA) is 49.6 Å². The van der Waals surface area contributed by atoms with E-state index in [1.54, 1.807) is 0 Å². The van der Waals surface area contributed by atoms with Gasteiger partial charge in [-0.2, -0.15) is 0 Å². The van der Waals surface area contributed by atoms with Crippen molar-refractivity contribution < 1.29 is 4.79 Å². The molecule has 0 bridgehead atoms. The predicted molar refractivity (Wildman–Crippen MR) is 97.8 cm³/mol. The molecule has 4 heteroatoms. The summed E-state index contributed by atoms with van der Waals surface area (Å²) < 4.78 is 0. The number of carbonyl (C=O) groups is 1. The van der Waals surface area contributed by atoms with E-state index in [2.05, 4.69) is 11.0 Å². The maximum absolute atomic E-state index is 12.7. The van der Waals surface area contributed by atoms with E-state index in [0.717, 1.165) is 56.0 Å². The van der Waals surface area contributed by atoms with Gasteiger partial charge in [0.05, 0.1) is 0 Å². The zero-order chi connectivity index (χ0) is 16.9. The molecule has 4 nitrogen and oxygen atoms in total. The van der Waals surface area contributed by atoms with Crippen molar-refractivity contribution in [2.45, 2.75) is 19.9 Å². The van der Waals surface area contributed by atoms with E-state index in [1.165, 1.54) is 5.56 Å². The van der Waals surface area contributed by atoms with Crippen LogP contribution in [-0.2, 0) is 6.54 Å². The summed E-state index contributed by atoms with van der Waals surface area (Å²) in [7, 11) is 0. The van der Waals surface area contributed by atoms with Crippen LogP contribution in [0.15, 0.2) is 48.5 Å². The normalized spacial score (nSPS) is 16.0. The molecule has 2 N–H and O–H groups in total. The molecule has 0 aliphatic carbocycles. The van der Waals surface area contributed by atoms with Crippen LogP contribution in [0, 0.1) is 6.92 Å². The Bertz CT molecular complexity index is 714. The molecule has 1 amide bonds. The van der Waals surface area contributed by atoms with Gasteiger partial charge in [0.1, 0.15) is 0 Å². The Morgan fingerprint density at radius 3 is 2.67 bits per heavy atom. The highest BCUT2D eigenvalue weighted by Crippen LogP contribution is 2.14. The molecule has 0 atom stereocenters. The number of nitrogen functional groups attached to an aromatic ring is 1. The van der Waals surface area contributed by atoms with E-state index >= 15 is 0 Å². The second kappa shape index (κ2) is 7.49. The summed E-state index contributed by atoms with van der Waals surface area (Å²) in [6.07, 6.45) is 1.000. The minimum Gasteiger partial charge on any atom is -0.399 e. The van der Waals surface area contributed by atoms with Gasteiger partial charge in [-0.1, -0.05) is 29.8 Å². The van der Waals surface area contributed by atoms with Crippen LogP contribution >= 0.6 is 0 Å². The molecule has 126 valence electrons. The van der Waals surface area contributed by atoms with Crippen molar-refractivity contribution in [3.8, 4) is 0 Å². The molecule has 0 unspecified atom stereocenters. The Morgan fingerprint density at radius 2 is 1.88 bits per heavy atom. The van der Waals surface area contributed by atoms with Gasteiger partial charge in [-0.15, -0.1) is 0 Å². The Kier molecular flexibility index (Phi) is 5.16. The lowest BCUT2D eigenvalue weighted by molar-refractivity contribution is 0.0761. The quantitative estimate of drug-likeness (QED) is 0.884. The number of carbonyl (C=O) groups excluding carboxylic acids is 1. The molecule has 24 heavy (non-hydrogen) atoms. The third kappa shape index (κ3) is 4.15. The Hall–Kier alpha value is -2.33. The number of aryl methyl sites for hydroxylation is 1. The summed E-state index contributed by atoms with van der Waals surface area (Å²) in [6.45, 7) is 6.40. The first kappa shape index (κ1) is 16.5. The molecule has 3 rings (SSSR count). The first-order valence-electron chi connectivity index (χ1n) is 8.54. The number of amides is 1. The standard InChI is InChI=1S/C20H25N3O/c1-16-5-2-7-18(13-16)20(24)23-10-4-9-22(11-12-23)15-17-6-3-8-19(21)14-17/h2-3,5-8,13-14H,4,9-12,15,21H2,1H3. The van der Waals surface area contributed by atoms with Gasteiger partial charge in [0, 0.05) is 44.0 Å². The van der Waals surface area contributed by atoms with Gasteiger partial charge in [-0.25, -0.2) is 0 Å². The van der Waals surface area contributed by atoms with Gasteiger partial charge in [-0.3, -0.25) is 9.69 Å². The van der Waals surface area contributed by atoms with Crippen molar-refractivity contribution in [2.24, 2.45) is 0 Å². The largest absolute Gasteiger partial charge is 0.399 e. The van der Waals surface area contributed by atoms with E-state index in [0.29, 0.717) is 0 Å². The fraction of sp³-hybridized carbons (Fsp3) is 0.350. The summed E-state index contributed by atoms with van der Waals surface area (Å²) in [6, 6.07) is 15.9. The van der Waals surface area contributed by atoms with Gasteiger partial charge in [-0.05, 0) is 43.2 Å². The van der Waals surface area contributed by atoms with E-state index < -0.39 is 0 Å². The fourth-order valence-electron chi connectivity index (χ4n) is 3.24. The van der Waals surface area contributed by atoms with Crippen molar-refractivity contribution >= 4 is 11.6 Å². The number of nitrogens with two attached hydrogens (primary N) is 1. The van der Waals surface area contributed by atoms with Gasteiger partial charge < -0.3 is 10.6 Å². The Labute approximate surface area is 143 Å². The van der Waals surface area contributed by atoms with Crippen LogP contribution in [0.2, 0.25) is 0 Å². The molecule has 0 saturated carbocycles. The zero-order valence-electron chi connectivity index (χ0n) is 14.2. The highest BCUT2D eigenvalue weighted by atomic mass is 16.2. The average molecular weight is 323 g/mol. The molecule has 1 heterocycles.